The molecule has 1 heterocycles. The number of rotatable bonds is 3. The Morgan fingerprint density at radius 2 is 1.79 bits per heavy atom. The molecule has 174 valence electrons. The van der Waals surface area contributed by atoms with Crippen LogP contribution in [0.3, 0.4) is 0 Å². The van der Waals surface area contributed by atoms with Crippen molar-refractivity contribution in [3.05, 3.63) is 87.8 Å². The minimum absolute atomic E-state index is 0.153. The van der Waals surface area contributed by atoms with Crippen molar-refractivity contribution >= 4 is 35.1 Å². The van der Waals surface area contributed by atoms with E-state index in [4.69, 9.17) is 16.3 Å². The van der Waals surface area contributed by atoms with Gasteiger partial charge < -0.3 is 10.1 Å². The van der Waals surface area contributed by atoms with Crippen LogP contribution in [0.5, 0.6) is 0 Å². The first-order chi connectivity index (χ1) is 16.0. The third-order valence-corrected chi connectivity index (χ3v) is 4.71. The minimum Gasteiger partial charge on any atom is -0.444 e. The number of ether oxygens (including phenoxy) is 1. The number of aromatic nitrogens is 1. The maximum Gasteiger partial charge on any atom is 0.412 e. The molecule has 0 unspecified atom stereocenters. The maximum atomic E-state index is 13.7. The molecule has 0 atom stereocenters. The highest BCUT2D eigenvalue weighted by Crippen LogP contribution is 2.23. The molecule has 0 radical (unpaired) electrons. The van der Waals surface area contributed by atoms with Gasteiger partial charge in [0, 0.05) is 17.4 Å². The van der Waals surface area contributed by atoms with Gasteiger partial charge in [0.05, 0.1) is 16.1 Å². The average molecular weight is 480 g/mol. The summed E-state index contributed by atoms with van der Waals surface area (Å²) in [6, 6.07) is 12.5. The second kappa shape index (κ2) is 10.4. The second-order valence-corrected chi connectivity index (χ2v) is 8.80. The molecule has 3 aromatic rings. The normalized spacial score (nSPS) is 10.6. The highest BCUT2D eigenvalue weighted by molar-refractivity contribution is 6.34. The number of hydrogen-bond acceptors (Lipinski definition) is 4. The Kier molecular flexibility index (Phi) is 7.54. The van der Waals surface area contributed by atoms with Crippen molar-refractivity contribution in [2.24, 2.45) is 0 Å². The summed E-state index contributed by atoms with van der Waals surface area (Å²) in [5, 5.41) is 5.49. The number of carbonyl (C=O) groups excluding carboxylic acids is 2. The maximum absolute atomic E-state index is 13.7. The first-order valence-corrected chi connectivity index (χ1v) is 10.7. The van der Waals surface area contributed by atoms with Crippen LogP contribution in [0.25, 0.3) is 0 Å². The van der Waals surface area contributed by atoms with Gasteiger partial charge in [0.25, 0.3) is 5.91 Å². The lowest BCUT2D eigenvalue weighted by Gasteiger charge is -2.20. The molecule has 2 N–H and O–H groups in total. The van der Waals surface area contributed by atoms with Crippen molar-refractivity contribution in [1.82, 2.24) is 4.98 Å². The molecule has 34 heavy (non-hydrogen) atoms. The van der Waals surface area contributed by atoms with E-state index in [2.05, 4.69) is 27.5 Å². The molecule has 0 fully saturated rings. The van der Waals surface area contributed by atoms with Gasteiger partial charge in [-0.3, -0.25) is 10.1 Å². The van der Waals surface area contributed by atoms with E-state index in [9.17, 15) is 14.0 Å². The van der Waals surface area contributed by atoms with Crippen LogP contribution in [0.15, 0.2) is 54.7 Å². The fourth-order valence-electron chi connectivity index (χ4n) is 2.85. The van der Waals surface area contributed by atoms with Gasteiger partial charge in [-0.1, -0.05) is 35.6 Å². The number of amides is 2. The summed E-state index contributed by atoms with van der Waals surface area (Å²) in [6.07, 6.45) is 0.837. The molecule has 6 nitrogen and oxygen atoms in total. The molecule has 2 amide bonds. The Labute approximate surface area is 202 Å². The number of nitrogens with zero attached hydrogens (tertiary/aromatic N) is 1. The number of anilines is 2. The molecule has 0 saturated heterocycles. The van der Waals surface area contributed by atoms with Gasteiger partial charge in [0.15, 0.2) is 0 Å². The van der Waals surface area contributed by atoms with Crippen LogP contribution in [0.2, 0.25) is 5.02 Å². The standard InChI is InChI=1S/C26H23ClFN3O3/c1-16-13-17(9-10-18-7-5-6-8-22(18)28)15-29-23(16)31-24(32)20-14-19(11-12-21(20)27)30-25(33)34-26(2,3)4/h5-8,11-15H,1-4H3,(H,30,33)(H,29,31,32). The van der Waals surface area contributed by atoms with E-state index in [1.165, 1.54) is 24.4 Å². The molecular weight excluding hydrogens is 457 g/mol. The van der Waals surface area contributed by atoms with E-state index in [0.717, 1.165) is 0 Å². The first-order valence-electron chi connectivity index (χ1n) is 10.4. The zero-order valence-electron chi connectivity index (χ0n) is 19.1. The number of aryl methyl sites for hydroxylation is 1. The molecule has 0 aliphatic heterocycles. The molecule has 0 bridgehead atoms. The summed E-state index contributed by atoms with van der Waals surface area (Å²) in [6.45, 7) is 7.01. The van der Waals surface area contributed by atoms with E-state index in [1.807, 2.05) is 0 Å². The predicted octanol–water partition coefficient (Wildman–Crippen LogP) is 6.18. The summed E-state index contributed by atoms with van der Waals surface area (Å²) in [5.41, 5.74) is 1.36. The lowest BCUT2D eigenvalue weighted by Crippen LogP contribution is -2.27. The van der Waals surface area contributed by atoms with Crippen molar-refractivity contribution in [3.8, 4) is 11.8 Å². The SMILES string of the molecule is Cc1cc(C#Cc2ccccc2F)cnc1NC(=O)c1cc(NC(=O)OC(C)(C)C)ccc1Cl. The van der Waals surface area contributed by atoms with Crippen LogP contribution in [0.1, 0.15) is 47.8 Å². The molecule has 8 heteroatoms. The molecule has 0 aliphatic rings. The van der Waals surface area contributed by atoms with Gasteiger partial charge in [-0.2, -0.15) is 0 Å². The average Bonchev–Trinajstić information content (AvgIpc) is 2.75. The zero-order chi connectivity index (χ0) is 24.9. The lowest BCUT2D eigenvalue weighted by molar-refractivity contribution is 0.0635. The number of benzene rings is 2. The fraction of sp³-hybridized carbons (Fsp3) is 0.192. The molecule has 1 aromatic heterocycles. The molecular formula is C26H23ClFN3O3. The second-order valence-electron chi connectivity index (χ2n) is 8.39. The Balaban J connectivity index is 1.74. The number of nitrogens with one attached hydrogen (secondary N) is 2. The summed E-state index contributed by atoms with van der Waals surface area (Å²) in [7, 11) is 0. The van der Waals surface area contributed by atoms with Gasteiger partial charge in [0.2, 0.25) is 0 Å². The summed E-state index contributed by atoms with van der Waals surface area (Å²) < 4.78 is 19.0. The van der Waals surface area contributed by atoms with Gasteiger partial charge >= 0.3 is 6.09 Å². The molecule has 0 saturated carbocycles. The van der Waals surface area contributed by atoms with Crippen molar-refractivity contribution in [3.63, 3.8) is 0 Å². The van der Waals surface area contributed by atoms with Crippen LogP contribution in [-0.4, -0.2) is 22.6 Å². The fourth-order valence-corrected chi connectivity index (χ4v) is 3.05. The van der Waals surface area contributed by atoms with Crippen LogP contribution < -0.4 is 10.6 Å². The van der Waals surface area contributed by atoms with E-state index in [1.54, 1.807) is 58.0 Å². The van der Waals surface area contributed by atoms with Crippen LogP contribution in [0, 0.1) is 24.6 Å². The molecule has 0 spiro atoms. The third kappa shape index (κ3) is 6.80. The Morgan fingerprint density at radius 3 is 2.47 bits per heavy atom. The molecule has 2 aromatic carbocycles. The van der Waals surface area contributed by atoms with Gasteiger partial charge in [0.1, 0.15) is 17.2 Å². The van der Waals surface area contributed by atoms with Crippen molar-refractivity contribution in [2.75, 3.05) is 10.6 Å². The van der Waals surface area contributed by atoms with Gasteiger partial charge in [-0.15, -0.1) is 0 Å². The third-order valence-electron chi connectivity index (χ3n) is 4.38. The number of hydrogen-bond donors (Lipinski definition) is 2. The number of halogens is 2. The predicted molar refractivity (Wildman–Crippen MR) is 131 cm³/mol. The van der Waals surface area contributed by atoms with Gasteiger partial charge in [-0.25, -0.2) is 14.2 Å². The summed E-state index contributed by atoms with van der Waals surface area (Å²) in [5.74, 6) is 5.06. The van der Waals surface area contributed by atoms with E-state index in [-0.39, 0.29) is 16.1 Å². The summed E-state index contributed by atoms with van der Waals surface area (Å²) >= 11 is 6.20. The van der Waals surface area contributed by atoms with Crippen molar-refractivity contribution < 1.29 is 18.7 Å². The van der Waals surface area contributed by atoms with Crippen molar-refractivity contribution in [1.29, 1.82) is 0 Å². The quantitative estimate of drug-likeness (QED) is 0.439. The highest BCUT2D eigenvalue weighted by Gasteiger charge is 2.18. The monoisotopic (exact) mass is 479 g/mol. The van der Waals surface area contributed by atoms with E-state index < -0.39 is 23.4 Å². The largest absolute Gasteiger partial charge is 0.444 e. The highest BCUT2D eigenvalue weighted by atomic mass is 35.5. The Hall–Kier alpha value is -3.89. The van der Waals surface area contributed by atoms with Crippen LogP contribution >= 0.6 is 11.6 Å². The molecule has 0 aliphatic carbocycles. The first kappa shape index (κ1) is 24.7. The Morgan fingerprint density at radius 1 is 1.06 bits per heavy atom. The molecule has 3 rings (SSSR count). The van der Waals surface area contributed by atoms with Crippen molar-refractivity contribution in [2.45, 2.75) is 33.3 Å². The van der Waals surface area contributed by atoms with E-state index in [0.29, 0.717) is 22.6 Å². The Bertz CT molecular complexity index is 1310. The van der Waals surface area contributed by atoms with Crippen LogP contribution in [-0.2, 0) is 4.74 Å². The van der Waals surface area contributed by atoms with Crippen LogP contribution in [0.4, 0.5) is 20.7 Å². The minimum atomic E-state index is -0.661. The van der Waals surface area contributed by atoms with Gasteiger partial charge in [-0.05, 0) is 69.7 Å². The summed E-state index contributed by atoms with van der Waals surface area (Å²) in [4.78, 5) is 29.1. The zero-order valence-corrected chi connectivity index (χ0v) is 19.9. The smallest absolute Gasteiger partial charge is 0.412 e. The number of carbonyl (C=O) groups is 2. The topological polar surface area (TPSA) is 80.3 Å². The number of pyridine rings is 1. The van der Waals surface area contributed by atoms with E-state index >= 15 is 0 Å². The lowest BCUT2D eigenvalue weighted by atomic mass is 10.1.